The summed E-state index contributed by atoms with van der Waals surface area (Å²) in [5.74, 6) is -2.12. The number of fused-ring (bicyclic) bond motifs is 1. The number of pyridine rings is 1. The third-order valence-corrected chi connectivity index (χ3v) is 2.37. The number of nitrogens with zero attached hydrogens (tertiary/aromatic N) is 1. The molecular formula is C11H9NO4. The van der Waals surface area contributed by atoms with Gasteiger partial charge >= 0.3 is 5.97 Å². The van der Waals surface area contributed by atoms with E-state index in [1.807, 2.05) is 0 Å². The van der Waals surface area contributed by atoms with Gasteiger partial charge in [0.2, 0.25) is 0 Å². The maximum atomic E-state index is 11.3. The first-order chi connectivity index (χ1) is 7.54. The Balaban J connectivity index is 2.97. The quantitative estimate of drug-likeness (QED) is 0.751. The summed E-state index contributed by atoms with van der Waals surface area (Å²) in [5.41, 5.74) is 0.0523. The van der Waals surface area contributed by atoms with Crippen LogP contribution in [-0.2, 0) is 0 Å². The van der Waals surface area contributed by atoms with Crippen LogP contribution in [0.2, 0.25) is 0 Å². The van der Waals surface area contributed by atoms with E-state index in [0.717, 1.165) is 0 Å². The molecule has 0 saturated heterocycles. The highest BCUT2D eigenvalue weighted by Crippen LogP contribution is 2.30. The Labute approximate surface area is 90.6 Å². The summed E-state index contributed by atoms with van der Waals surface area (Å²) < 4.78 is 1.38. The fraction of sp³-hybridized carbons (Fsp3) is 0.0909. The summed E-state index contributed by atoms with van der Waals surface area (Å²) in [6.45, 7) is 1.28. The first-order valence-electron chi connectivity index (χ1n) is 4.60. The van der Waals surface area contributed by atoms with Crippen LogP contribution in [0.25, 0.3) is 5.52 Å². The van der Waals surface area contributed by atoms with E-state index in [9.17, 15) is 14.7 Å². The van der Waals surface area contributed by atoms with Gasteiger partial charge in [0.25, 0.3) is 0 Å². The number of carboxylic acids is 1. The van der Waals surface area contributed by atoms with Gasteiger partial charge in [-0.15, -0.1) is 0 Å². The number of ketones is 1. The number of Topliss-reactive ketones (excluding diaryl/α,β-unsaturated/α-hetero) is 1. The molecule has 5 nitrogen and oxygen atoms in total. The first kappa shape index (κ1) is 10.2. The Bertz CT molecular complexity index is 546. The lowest BCUT2D eigenvalue weighted by Crippen LogP contribution is -1.97. The summed E-state index contributed by atoms with van der Waals surface area (Å²) in [7, 11) is 0. The maximum absolute atomic E-state index is 11.3. The van der Waals surface area contributed by atoms with E-state index >= 15 is 0 Å². The van der Waals surface area contributed by atoms with Gasteiger partial charge in [-0.05, 0) is 12.1 Å². The van der Waals surface area contributed by atoms with Crippen molar-refractivity contribution >= 4 is 17.3 Å². The van der Waals surface area contributed by atoms with E-state index < -0.39 is 11.7 Å². The van der Waals surface area contributed by atoms with Crippen molar-refractivity contribution in [2.75, 3.05) is 0 Å². The standard InChI is InChI=1S/C11H9NO4/c1-6(13)9-10(14)8(11(15)16)7-4-2-3-5-12(7)9/h2-5,14H,1H3,(H,15,16). The molecule has 16 heavy (non-hydrogen) atoms. The molecule has 0 aromatic carbocycles. The van der Waals surface area contributed by atoms with Gasteiger partial charge in [-0.25, -0.2) is 4.79 Å². The lowest BCUT2D eigenvalue weighted by atomic mass is 10.2. The zero-order chi connectivity index (χ0) is 11.9. The zero-order valence-electron chi connectivity index (χ0n) is 8.47. The largest absolute Gasteiger partial charge is 0.505 e. The molecule has 0 unspecified atom stereocenters. The lowest BCUT2D eigenvalue weighted by molar-refractivity contribution is 0.0696. The van der Waals surface area contributed by atoms with E-state index in [4.69, 9.17) is 5.11 Å². The number of carbonyl (C=O) groups is 2. The molecular weight excluding hydrogens is 210 g/mol. The van der Waals surface area contributed by atoms with E-state index in [2.05, 4.69) is 0 Å². The second-order valence-corrected chi connectivity index (χ2v) is 3.39. The van der Waals surface area contributed by atoms with Crippen LogP contribution in [0.4, 0.5) is 0 Å². The molecule has 0 aliphatic rings. The zero-order valence-corrected chi connectivity index (χ0v) is 8.47. The highest BCUT2D eigenvalue weighted by molar-refractivity contribution is 6.06. The Morgan fingerprint density at radius 1 is 1.31 bits per heavy atom. The van der Waals surface area contributed by atoms with Crippen molar-refractivity contribution in [3.8, 4) is 5.75 Å². The predicted molar refractivity (Wildman–Crippen MR) is 56.0 cm³/mol. The van der Waals surface area contributed by atoms with Crippen LogP contribution < -0.4 is 0 Å². The Kier molecular flexibility index (Phi) is 2.16. The minimum absolute atomic E-state index is 0.00648. The van der Waals surface area contributed by atoms with Crippen LogP contribution >= 0.6 is 0 Å². The molecule has 0 radical (unpaired) electrons. The van der Waals surface area contributed by atoms with Crippen molar-refractivity contribution < 1.29 is 19.8 Å². The number of aromatic carboxylic acids is 1. The van der Waals surface area contributed by atoms with Crippen molar-refractivity contribution in [1.29, 1.82) is 0 Å². The third kappa shape index (κ3) is 1.25. The van der Waals surface area contributed by atoms with Crippen molar-refractivity contribution in [2.45, 2.75) is 6.92 Å². The molecule has 82 valence electrons. The molecule has 2 aromatic rings. The van der Waals surface area contributed by atoms with Crippen LogP contribution in [0, 0.1) is 0 Å². The van der Waals surface area contributed by atoms with Crippen LogP contribution in [0.1, 0.15) is 27.8 Å². The predicted octanol–water partition coefficient (Wildman–Crippen LogP) is 1.55. The lowest BCUT2D eigenvalue weighted by Gasteiger charge is -1.97. The fourth-order valence-corrected chi connectivity index (χ4v) is 1.74. The van der Waals surface area contributed by atoms with Crippen molar-refractivity contribution in [3.63, 3.8) is 0 Å². The third-order valence-electron chi connectivity index (χ3n) is 2.37. The topological polar surface area (TPSA) is 79.0 Å². The Hall–Kier alpha value is -2.30. The molecule has 0 amide bonds. The van der Waals surface area contributed by atoms with Crippen LogP contribution in [0.3, 0.4) is 0 Å². The molecule has 0 fully saturated rings. The number of hydrogen-bond donors (Lipinski definition) is 2. The smallest absolute Gasteiger partial charge is 0.341 e. The Morgan fingerprint density at radius 2 is 2.00 bits per heavy atom. The molecule has 0 saturated carbocycles. The van der Waals surface area contributed by atoms with Crippen LogP contribution in [0.5, 0.6) is 5.75 Å². The molecule has 0 aliphatic carbocycles. The highest BCUT2D eigenvalue weighted by Gasteiger charge is 2.24. The van der Waals surface area contributed by atoms with Gasteiger partial charge in [-0.2, -0.15) is 0 Å². The van der Waals surface area contributed by atoms with Crippen LogP contribution in [0.15, 0.2) is 24.4 Å². The van der Waals surface area contributed by atoms with Crippen molar-refractivity contribution in [2.24, 2.45) is 0 Å². The molecule has 0 aliphatic heterocycles. The molecule has 2 rings (SSSR count). The van der Waals surface area contributed by atoms with E-state index in [-0.39, 0.29) is 17.0 Å². The molecule has 0 atom stereocenters. The van der Waals surface area contributed by atoms with Gasteiger partial charge in [0.15, 0.2) is 11.5 Å². The number of hydrogen-bond acceptors (Lipinski definition) is 3. The van der Waals surface area contributed by atoms with Gasteiger partial charge < -0.3 is 14.6 Å². The average Bonchev–Trinajstić information content (AvgIpc) is 2.49. The number of aromatic nitrogens is 1. The van der Waals surface area contributed by atoms with Crippen molar-refractivity contribution in [3.05, 3.63) is 35.7 Å². The SMILES string of the molecule is CC(=O)c1c(O)c(C(=O)O)c2ccccn12. The summed E-state index contributed by atoms with van der Waals surface area (Å²) in [5, 5.41) is 18.7. The molecule has 0 bridgehead atoms. The number of carboxylic acid groups (broad SMARTS) is 1. The number of aromatic hydroxyl groups is 1. The monoisotopic (exact) mass is 219 g/mol. The summed E-state index contributed by atoms with van der Waals surface area (Å²) in [4.78, 5) is 22.3. The maximum Gasteiger partial charge on any atom is 0.341 e. The Morgan fingerprint density at radius 3 is 2.56 bits per heavy atom. The average molecular weight is 219 g/mol. The first-order valence-corrected chi connectivity index (χ1v) is 4.60. The summed E-state index contributed by atoms with van der Waals surface area (Å²) in [6.07, 6.45) is 1.54. The van der Waals surface area contributed by atoms with Gasteiger partial charge in [-0.1, -0.05) is 6.07 Å². The van der Waals surface area contributed by atoms with Gasteiger partial charge in [0.1, 0.15) is 11.3 Å². The second-order valence-electron chi connectivity index (χ2n) is 3.39. The highest BCUT2D eigenvalue weighted by atomic mass is 16.4. The second kappa shape index (κ2) is 3.37. The summed E-state index contributed by atoms with van der Waals surface area (Å²) >= 11 is 0. The normalized spacial score (nSPS) is 10.6. The van der Waals surface area contributed by atoms with E-state index in [1.165, 1.54) is 23.6 Å². The van der Waals surface area contributed by atoms with Crippen molar-refractivity contribution in [1.82, 2.24) is 4.40 Å². The fourth-order valence-electron chi connectivity index (χ4n) is 1.74. The van der Waals surface area contributed by atoms with Gasteiger partial charge in [0, 0.05) is 13.1 Å². The van der Waals surface area contributed by atoms with E-state index in [0.29, 0.717) is 5.52 Å². The van der Waals surface area contributed by atoms with E-state index in [1.54, 1.807) is 12.1 Å². The van der Waals surface area contributed by atoms with Gasteiger partial charge in [0.05, 0.1) is 5.52 Å². The molecule has 2 N–H and O–H groups in total. The van der Waals surface area contributed by atoms with Crippen LogP contribution in [-0.4, -0.2) is 26.4 Å². The van der Waals surface area contributed by atoms with Gasteiger partial charge in [-0.3, -0.25) is 4.79 Å². The minimum atomic E-state index is -1.26. The summed E-state index contributed by atoms with van der Waals surface area (Å²) in [6, 6.07) is 4.84. The number of rotatable bonds is 2. The number of carbonyl (C=O) groups excluding carboxylic acids is 1. The molecule has 2 heterocycles. The molecule has 2 aromatic heterocycles. The minimum Gasteiger partial charge on any atom is -0.505 e. The molecule has 5 heteroatoms. The molecule has 0 spiro atoms.